The van der Waals surface area contributed by atoms with Crippen LogP contribution in [0.1, 0.15) is 46.0 Å². The number of ether oxygens (including phenoxy) is 1. The van der Waals surface area contributed by atoms with Gasteiger partial charge >= 0.3 is 0 Å². The van der Waals surface area contributed by atoms with Crippen LogP contribution in [-0.2, 0) is 4.74 Å². The van der Waals surface area contributed by atoms with Gasteiger partial charge in [0, 0.05) is 13.2 Å². The summed E-state index contributed by atoms with van der Waals surface area (Å²) < 4.78 is 5.86. The Bertz CT molecular complexity index is 183. The number of piperidine rings is 1. The van der Waals surface area contributed by atoms with Crippen LogP contribution in [-0.4, -0.2) is 43.8 Å². The van der Waals surface area contributed by atoms with Crippen LogP contribution in [0.5, 0.6) is 0 Å². The van der Waals surface area contributed by atoms with Crippen molar-refractivity contribution in [2.75, 3.05) is 32.8 Å². The zero-order chi connectivity index (χ0) is 12.5. The molecule has 1 saturated heterocycles. The smallest absolute Gasteiger partial charge is 0.0702 e. The van der Waals surface area contributed by atoms with Gasteiger partial charge in [0.1, 0.15) is 0 Å². The molecule has 17 heavy (non-hydrogen) atoms. The van der Waals surface area contributed by atoms with Crippen LogP contribution >= 0.6 is 0 Å². The Morgan fingerprint density at radius 1 is 1.41 bits per heavy atom. The van der Waals surface area contributed by atoms with E-state index in [1.807, 2.05) is 0 Å². The fourth-order valence-electron chi connectivity index (χ4n) is 2.49. The van der Waals surface area contributed by atoms with Gasteiger partial charge in [-0.25, -0.2) is 0 Å². The van der Waals surface area contributed by atoms with Crippen molar-refractivity contribution in [3.05, 3.63) is 0 Å². The zero-order valence-corrected chi connectivity index (χ0v) is 11.7. The number of hydrogen-bond donors (Lipinski definition) is 1. The summed E-state index contributed by atoms with van der Waals surface area (Å²) in [7, 11) is 0. The van der Waals surface area contributed by atoms with Crippen LogP contribution in [0.3, 0.4) is 0 Å². The lowest BCUT2D eigenvalue weighted by atomic mass is 10.0. The highest BCUT2D eigenvalue weighted by molar-refractivity contribution is 4.74. The molecule has 0 saturated carbocycles. The van der Waals surface area contributed by atoms with Crippen LogP contribution in [0.25, 0.3) is 0 Å². The van der Waals surface area contributed by atoms with Crippen molar-refractivity contribution < 1.29 is 4.74 Å². The second-order valence-corrected chi connectivity index (χ2v) is 5.23. The van der Waals surface area contributed by atoms with Gasteiger partial charge in [0.05, 0.1) is 6.10 Å². The summed E-state index contributed by atoms with van der Waals surface area (Å²) >= 11 is 0. The summed E-state index contributed by atoms with van der Waals surface area (Å²) in [5, 5.41) is 0. The second kappa shape index (κ2) is 8.90. The highest BCUT2D eigenvalue weighted by Gasteiger charge is 2.20. The fourth-order valence-corrected chi connectivity index (χ4v) is 2.49. The van der Waals surface area contributed by atoms with Gasteiger partial charge < -0.3 is 15.4 Å². The normalized spacial score (nSPS) is 23.8. The third-order valence-electron chi connectivity index (χ3n) is 3.78. The van der Waals surface area contributed by atoms with Crippen molar-refractivity contribution in [1.82, 2.24) is 4.90 Å². The summed E-state index contributed by atoms with van der Waals surface area (Å²) in [4.78, 5) is 2.56. The van der Waals surface area contributed by atoms with Gasteiger partial charge in [0.25, 0.3) is 0 Å². The SMILES string of the molecule is CCCOC1CCCN(CCC(CC)CN)C1. The first-order valence-electron chi connectivity index (χ1n) is 7.34. The molecular weight excluding hydrogens is 212 g/mol. The van der Waals surface area contributed by atoms with Crippen molar-refractivity contribution in [3.63, 3.8) is 0 Å². The van der Waals surface area contributed by atoms with Crippen molar-refractivity contribution in [2.24, 2.45) is 11.7 Å². The molecule has 0 radical (unpaired) electrons. The third kappa shape index (κ3) is 5.84. The summed E-state index contributed by atoms with van der Waals surface area (Å²) in [6, 6.07) is 0. The van der Waals surface area contributed by atoms with Crippen LogP contribution in [0.4, 0.5) is 0 Å². The molecule has 2 N–H and O–H groups in total. The van der Waals surface area contributed by atoms with Gasteiger partial charge in [-0.2, -0.15) is 0 Å². The molecule has 3 heteroatoms. The molecule has 0 aliphatic carbocycles. The minimum Gasteiger partial charge on any atom is -0.377 e. The van der Waals surface area contributed by atoms with Crippen LogP contribution in [0, 0.1) is 5.92 Å². The first-order valence-corrected chi connectivity index (χ1v) is 7.34. The van der Waals surface area contributed by atoms with Crippen LogP contribution < -0.4 is 5.73 Å². The van der Waals surface area contributed by atoms with Crippen LogP contribution in [0.2, 0.25) is 0 Å². The van der Waals surface area contributed by atoms with E-state index in [0.717, 1.165) is 26.1 Å². The van der Waals surface area contributed by atoms with Gasteiger partial charge in [0.2, 0.25) is 0 Å². The van der Waals surface area contributed by atoms with Crippen molar-refractivity contribution in [1.29, 1.82) is 0 Å². The number of rotatable bonds is 8. The zero-order valence-electron chi connectivity index (χ0n) is 11.7. The minimum atomic E-state index is 0.474. The molecule has 0 bridgehead atoms. The number of likely N-dealkylation sites (tertiary alicyclic amines) is 1. The van der Waals surface area contributed by atoms with E-state index in [2.05, 4.69) is 18.7 Å². The lowest BCUT2D eigenvalue weighted by Gasteiger charge is -2.33. The van der Waals surface area contributed by atoms with E-state index in [9.17, 15) is 0 Å². The van der Waals surface area contributed by atoms with E-state index in [1.165, 1.54) is 38.8 Å². The monoisotopic (exact) mass is 242 g/mol. The molecule has 3 nitrogen and oxygen atoms in total. The molecule has 0 amide bonds. The van der Waals surface area contributed by atoms with Crippen molar-refractivity contribution in [2.45, 2.75) is 52.1 Å². The lowest BCUT2D eigenvalue weighted by Crippen LogP contribution is -2.40. The number of nitrogens with two attached hydrogens (primary N) is 1. The largest absolute Gasteiger partial charge is 0.377 e. The Morgan fingerprint density at radius 2 is 2.24 bits per heavy atom. The predicted octanol–water partition coefficient (Wildman–Crippen LogP) is 2.25. The minimum absolute atomic E-state index is 0.474. The molecule has 1 aliphatic rings. The molecule has 1 fully saturated rings. The summed E-state index contributed by atoms with van der Waals surface area (Å²) in [6.45, 7) is 9.73. The number of hydrogen-bond acceptors (Lipinski definition) is 3. The van der Waals surface area contributed by atoms with E-state index >= 15 is 0 Å². The molecule has 0 aromatic rings. The van der Waals surface area contributed by atoms with E-state index in [4.69, 9.17) is 10.5 Å². The maximum Gasteiger partial charge on any atom is 0.0702 e. The first-order chi connectivity index (χ1) is 8.30. The lowest BCUT2D eigenvalue weighted by molar-refractivity contribution is -0.00120. The van der Waals surface area contributed by atoms with Crippen LogP contribution in [0.15, 0.2) is 0 Å². The summed E-state index contributed by atoms with van der Waals surface area (Å²) in [5.41, 5.74) is 5.75. The van der Waals surface area contributed by atoms with Gasteiger partial charge in [-0.3, -0.25) is 0 Å². The maximum atomic E-state index is 5.86. The Kier molecular flexibility index (Phi) is 7.82. The van der Waals surface area contributed by atoms with Gasteiger partial charge in [-0.15, -0.1) is 0 Å². The topological polar surface area (TPSA) is 38.5 Å². The molecule has 102 valence electrons. The molecule has 2 unspecified atom stereocenters. The molecule has 0 spiro atoms. The molecular formula is C14H30N2O. The predicted molar refractivity (Wildman–Crippen MR) is 73.2 cm³/mol. The average Bonchev–Trinajstić information content (AvgIpc) is 2.38. The highest BCUT2D eigenvalue weighted by Crippen LogP contribution is 2.15. The number of nitrogens with zero attached hydrogens (tertiary/aromatic N) is 1. The van der Waals surface area contributed by atoms with E-state index in [-0.39, 0.29) is 0 Å². The Balaban J connectivity index is 2.19. The van der Waals surface area contributed by atoms with Crippen molar-refractivity contribution >= 4 is 0 Å². The molecule has 2 atom stereocenters. The Morgan fingerprint density at radius 3 is 2.88 bits per heavy atom. The van der Waals surface area contributed by atoms with E-state index < -0.39 is 0 Å². The quantitative estimate of drug-likeness (QED) is 0.709. The molecule has 0 aromatic heterocycles. The summed E-state index contributed by atoms with van der Waals surface area (Å²) in [5.74, 6) is 0.701. The molecule has 0 aromatic carbocycles. The van der Waals surface area contributed by atoms with Gasteiger partial charge in [-0.1, -0.05) is 20.3 Å². The molecule has 1 heterocycles. The van der Waals surface area contributed by atoms with Crippen molar-refractivity contribution in [3.8, 4) is 0 Å². The fraction of sp³-hybridized carbons (Fsp3) is 1.00. The second-order valence-electron chi connectivity index (χ2n) is 5.23. The standard InChI is InChI=1S/C14H30N2O/c1-3-10-17-14-6-5-8-16(12-14)9-7-13(4-2)11-15/h13-14H,3-12,15H2,1-2H3. The van der Waals surface area contributed by atoms with E-state index in [0.29, 0.717) is 12.0 Å². The average molecular weight is 242 g/mol. The molecule has 1 aliphatic heterocycles. The maximum absolute atomic E-state index is 5.86. The summed E-state index contributed by atoms with van der Waals surface area (Å²) in [6.07, 6.45) is 6.58. The van der Waals surface area contributed by atoms with Gasteiger partial charge in [0.15, 0.2) is 0 Å². The van der Waals surface area contributed by atoms with E-state index in [1.54, 1.807) is 0 Å². The third-order valence-corrected chi connectivity index (χ3v) is 3.78. The highest BCUT2D eigenvalue weighted by atomic mass is 16.5. The van der Waals surface area contributed by atoms with Gasteiger partial charge in [-0.05, 0) is 51.2 Å². The molecule has 1 rings (SSSR count). The first kappa shape index (κ1) is 14.9. The Labute approximate surface area is 107 Å². The Hall–Kier alpha value is -0.120.